The number of halogens is 2. The maximum absolute atomic E-state index is 12.9. The Hall–Kier alpha value is -1.60. The molecule has 0 spiro atoms. The summed E-state index contributed by atoms with van der Waals surface area (Å²) < 4.78 is 27.2. The number of carbonyl (C=O) groups is 1. The van der Waals surface area contributed by atoms with Crippen molar-refractivity contribution in [3.63, 3.8) is 0 Å². The van der Waals surface area contributed by atoms with Gasteiger partial charge in [0.25, 0.3) is 0 Å². The first-order chi connectivity index (χ1) is 13.8. The van der Waals surface area contributed by atoms with Crippen LogP contribution in [0.1, 0.15) is 31.2 Å². The number of hydrogen-bond donors (Lipinski definition) is 1. The second-order valence-electron chi connectivity index (χ2n) is 7.31. The summed E-state index contributed by atoms with van der Waals surface area (Å²) in [6.07, 6.45) is 0.950. The first-order valence-electron chi connectivity index (χ1n) is 9.57. The van der Waals surface area contributed by atoms with Crippen LogP contribution in [0, 0.1) is 5.92 Å². The molecule has 1 fully saturated rings. The van der Waals surface area contributed by atoms with Gasteiger partial charge >= 0.3 is 0 Å². The zero-order valence-corrected chi connectivity index (χ0v) is 18.5. The summed E-state index contributed by atoms with van der Waals surface area (Å²) in [5.41, 5.74) is 1.17. The second kappa shape index (κ2) is 9.47. The molecule has 1 atom stereocenters. The van der Waals surface area contributed by atoms with E-state index in [0.29, 0.717) is 24.4 Å². The van der Waals surface area contributed by atoms with E-state index in [-0.39, 0.29) is 40.8 Å². The van der Waals surface area contributed by atoms with Crippen molar-refractivity contribution in [2.24, 2.45) is 5.92 Å². The van der Waals surface area contributed by atoms with E-state index in [1.807, 2.05) is 30.3 Å². The molecule has 0 radical (unpaired) electrons. The van der Waals surface area contributed by atoms with Crippen LogP contribution in [-0.2, 0) is 14.8 Å². The Balaban J connectivity index is 1.56. The van der Waals surface area contributed by atoms with Crippen LogP contribution >= 0.6 is 23.2 Å². The molecule has 5 nitrogen and oxygen atoms in total. The molecule has 1 aliphatic heterocycles. The molecule has 0 aliphatic carbocycles. The quantitative estimate of drug-likeness (QED) is 0.706. The van der Waals surface area contributed by atoms with Crippen molar-refractivity contribution in [1.29, 1.82) is 0 Å². The first-order valence-corrected chi connectivity index (χ1v) is 11.8. The highest BCUT2D eigenvalue weighted by Crippen LogP contribution is 2.30. The highest BCUT2D eigenvalue weighted by molar-refractivity contribution is 7.89. The number of benzene rings is 2. The second-order valence-corrected chi connectivity index (χ2v) is 10.1. The van der Waals surface area contributed by atoms with Crippen LogP contribution in [0.15, 0.2) is 53.4 Å². The molecular formula is C21H24Cl2N2O3S. The van der Waals surface area contributed by atoms with Gasteiger partial charge in [-0.2, -0.15) is 4.31 Å². The lowest BCUT2D eigenvalue weighted by atomic mass is 9.96. The number of hydrogen-bond acceptors (Lipinski definition) is 3. The SMILES string of the molecule is CC(CNC(=O)C1CCN(S(=O)(=O)c2cc(Cl)ccc2Cl)CC1)c1ccccc1. The van der Waals surface area contributed by atoms with Gasteiger partial charge < -0.3 is 5.32 Å². The van der Waals surface area contributed by atoms with Crippen molar-refractivity contribution >= 4 is 39.1 Å². The van der Waals surface area contributed by atoms with Crippen molar-refractivity contribution in [1.82, 2.24) is 9.62 Å². The highest BCUT2D eigenvalue weighted by Gasteiger charge is 2.33. The van der Waals surface area contributed by atoms with Crippen LogP contribution in [0.4, 0.5) is 0 Å². The molecule has 0 bridgehead atoms. The minimum atomic E-state index is -3.74. The Morgan fingerprint density at radius 1 is 1.14 bits per heavy atom. The van der Waals surface area contributed by atoms with Crippen LogP contribution in [0.25, 0.3) is 0 Å². The maximum atomic E-state index is 12.9. The number of amides is 1. The molecule has 29 heavy (non-hydrogen) atoms. The zero-order valence-electron chi connectivity index (χ0n) is 16.1. The molecule has 1 heterocycles. The van der Waals surface area contributed by atoms with Crippen LogP contribution in [0.2, 0.25) is 10.0 Å². The number of piperidine rings is 1. The van der Waals surface area contributed by atoms with E-state index in [4.69, 9.17) is 23.2 Å². The van der Waals surface area contributed by atoms with Crippen molar-refractivity contribution in [2.45, 2.75) is 30.6 Å². The van der Waals surface area contributed by atoms with Gasteiger partial charge in [-0.25, -0.2) is 8.42 Å². The summed E-state index contributed by atoms with van der Waals surface area (Å²) in [5, 5.41) is 3.46. The molecule has 1 unspecified atom stereocenters. The molecule has 1 N–H and O–H groups in total. The van der Waals surface area contributed by atoms with Gasteiger partial charge in [0, 0.05) is 30.6 Å². The molecule has 1 saturated heterocycles. The van der Waals surface area contributed by atoms with Crippen molar-refractivity contribution in [2.75, 3.05) is 19.6 Å². The fraction of sp³-hybridized carbons (Fsp3) is 0.381. The smallest absolute Gasteiger partial charge is 0.244 e. The Kier molecular flexibility index (Phi) is 7.22. The van der Waals surface area contributed by atoms with Crippen LogP contribution in [-0.4, -0.2) is 38.3 Å². The van der Waals surface area contributed by atoms with Gasteiger partial charge in [0.05, 0.1) is 5.02 Å². The van der Waals surface area contributed by atoms with Gasteiger partial charge in [-0.1, -0.05) is 60.5 Å². The van der Waals surface area contributed by atoms with Crippen molar-refractivity contribution in [3.8, 4) is 0 Å². The molecule has 3 rings (SSSR count). The minimum Gasteiger partial charge on any atom is -0.355 e. The first kappa shape index (κ1) is 22.1. The number of sulfonamides is 1. The average molecular weight is 455 g/mol. The lowest BCUT2D eigenvalue weighted by Crippen LogP contribution is -2.43. The molecule has 2 aromatic rings. The predicted molar refractivity (Wildman–Crippen MR) is 116 cm³/mol. The third-order valence-electron chi connectivity index (χ3n) is 5.29. The standard InChI is InChI=1S/C21H24Cl2N2O3S/c1-15(16-5-3-2-4-6-16)14-24-21(26)17-9-11-25(12-10-17)29(27,28)20-13-18(22)7-8-19(20)23/h2-8,13,15,17H,9-12,14H2,1H3,(H,24,26). The molecule has 8 heteroatoms. The Labute approximate surface area is 182 Å². The molecule has 0 aromatic heterocycles. The highest BCUT2D eigenvalue weighted by atomic mass is 35.5. The summed E-state index contributed by atoms with van der Waals surface area (Å²) >= 11 is 12.0. The van der Waals surface area contributed by atoms with E-state index in [1.54, 1.807) is 6.07 Å². The van der Waals surface area contributed by atoms with E-state index in [0.717, 1.165) is 0 Å². The zero-order chi connectivity index (χ0) is 21.0. The average Bonchev–Trinajstić information content (AvgIpc) is 2.74. The molecule has 156 valence electrons. The van der Waals surface area contributed by atoms with Crippen molar-refractivity contribution in [3.05, 3.63) is 64.1 Å². The summed E-state index contributed by atoms with van der Waals surface area (Å²) in [5.74, 6) is -0.00420. The van der Waals surface area contributed by atoms with Crippen LogP contribution in [0.3, 0.4) is 0 Å². The fourth-order valence-corrected chi connectivity index (χ4v) is 5.68. The van der Waals surface area contributed by atoms with E-state index < -0.39 is 10.0 Å². The van der Waals surface area contributed by atoms with Gasteiger partial charge in [0.15, 0.2) is 0 Å². The Morgan fingerprint density at radius 3 is 2.45 bits per heavy atom. The van der Waals surface area contributed by atoms with Gasteiger partial charge in [0.1, 0.15) is 4.90 Å². The lowest BCUT2D eigenvalue weighted by Gasteiger charge is -2.31. The van der Waals surface area contributed by atoms with Gasteiger partial charge in [-0.05, 0) is 42.5 Å². The van der Waals surface area contributed by atoms with E-state index in [9.17, 15) is 13.2 Å². The fourth-order valence-electron chi connectivity index (χ4n) is 3.47. The van der Waals surface area contributed by atoms with Gasteiger partial charge in [-0.15, -0.1) is 0 Å². The van der Waals surface area contributed by atoms with E-state index in [2.05, 4.69) is 12.2 Å². The van der Waals surface area contributed by atoms with Gasteiger partial charge in [-0.3, -0.25) is 4.79 Å². The summed E-state index contributed by atoms with van der Waals surface area (Å²) in [7, 11) is -3.74. The molecular weight excluding hydrogens is 431 g/mol. The molecule has 1 aliphatic rings. The van der Waals surface area contributed by atoms with Crippen LogP contribution in [0.5, 0.6) is 0 Å². The number of nitrogens with one attached hydrogen (secondary N) is 1. The predicted octanol–water partition coefficient (Wildman–Crippen LogP) is 4.31. The Bertz CT molecular complexity index is 959. The van der Waals surface area contributed by atoms with Gasteiger partial charge in [0.2, 0.25) is 15.9 Å². The van der Waals surface area contributed by atoms with E-state index in [1.165, 1.54) is 22.0 Å². The number of carbonyl (C=O) groups excluding carboxylic acids is 1. The number of nitrogens with zero attached hydrogens (tertiary/aromatic N) is 1. The summed E-state index contributed by atoms with van der Waals surface area (Å²) in [6, 6.07) is 14.4. The molecule has 1 amide bonds. The van der Waals surface area contributed by atoms with E-state index >= 15 is 0 Å². The third-order valence-corrected chi connectivity index (χ3v) is 7.90. The third kappa shape index (κ3) is 5.31. The Morgan fingerprint density at radius 2 is 1.79 bits per heavy atom. The van der Waals surface area contributed by atoms with Crippen LogP contribution < -0.4 is 5.32 Å². The largest absolute Gasteiger partial charge is 0.355 e. The monoisotopic (exact) mass is 454 g/mol. The molecule has 0 saturated carbocycles. The lowest BCUT2D eigenvalue weighted by molar-refractivity contribution is -0.126. The summed E-state index contributed by atoms with van der Waals surface area (Å²) in [6.45, 7) is 3.17. The number of rotatable bonds is 6. The minimum absolute atomic E-state index is 0.00579. The topological polar surface area (TPSA) is 66.5 Å². The summed E-state index contributed by atoms with van der Waals surface area (Å²) in [4.78, 5) is 12.5. The molecule has 2 aromatic carbocycles. The van der Waals surface area contributed by atoms with Crippen molar-refractivity contribution < 1.29 is 13.2 Å². The normalized spacial score (nSPS) is 17.1. The maximum Gasteiger partial charge on any atom is 0.244 e.